The molecule has 1 heterocycles. The largest absolute Gasteiger partial charge is 0.490 e. The average Bonchev–Trinajstić information content (AvgIpc) is 2.89. The van der Waals surface area contributed by atoms with Gasteiger partial charge in [-0.1, -0.05) is 46.3 Å². The molecule has 2 atom stereocenters. The van der Waals surface area contributed by atoms with E-state index in [9.17, 15) is 0 Å². The van der Waals surface area contributed by atoms with Crippen molar-refractivity contribution in [2.75, 3.05) is 5.88 Å². The standard InChI is InChI=1S/C18H18BrClO/c19-16-6-3-4-13(9-16)8-14(12-20)10-17-11-15-5-1-2-7-18(15)21-17/h1-7,9,14,17H,8,10-12H2. The highest BCUT2D eigenvalue weighted by Gasteiger charge is 2.25. The number of para-hydroxylation sites is 1. The third-order valence-electron chi connectivity index (χ3n) is 3.94. The Morgan fingerprint density at radius 1 is 1.19 bits per heavy atom. The fourth-order valence-corrected chi connectivity index (χ4v) is 3.64. The van der Waals surface area contributed by atoms with Crippen molar-refractivity contribution in [3.63, 3.8) is 0 Å². The Morgan fingerprint density at radius 2 is 2.05 bits per heavy atom. The molecule has 3 rings (SSSR count). The fraction of sp³-hybridized carbons (Fsp3) is 0.333. The number of hydrogen-bond acceptors (Lipinski definition) is 1. The summed E-state index contributed by atoms with van der Waals surface area (Å²) in [7, 11) is 0. The van der Waals surface area contributed by atoms with Gasteiger partial charge in [-0.25, -0.2) is 0 Å². The summed E-state index contributed by atoms with van der Waals surface area (Å²) < 4.78 is 7.16. The van der Waals surface area contributed by atoms with E-state index in [0.29, 0.717) is 11.8 Å². The van der Waals surface area contributed by atoms with Crippen LogP contribution in [-0.2, 0) is 12.8 Å². The average molecular weight is 366 g/mol. The number of fused-ring (bicyclic) bond motifs is 1. The summed E-state index contributed by atoms with van der Waals surface area (Å²) in [5.41, 5.74) is 2.64. The van der Waals surface area contributed by atoms with Gasteiger partial charge in [0.25, 0.3) is 0 Å². The summed E-state index contributed by atoms with van der Waals surface area (Å²) in [5.74, 6) is 2.15. The number of halogens is 2. The second kappa shape index (κ2) is 6.85. The lowest BCUT2D eigenvalue weighted by Crippen LogP contribution is -2.20. The normalized spacial score (nSPS) is 18.1. The highest BCUT2D eigenvalue weighted by atomic mass is 79.9. The van der Waals surface area contributed by atoms with Crippen LogP contribution in [0.3, 0.4) is 0 Å². The van der Waals surface area contributed by atoms with Gasteiger partial charge in [-0.15, -0.1) is 11.6 Å². The van der Waals surface area contributed by atoms with E-state index < -0.39 is 0 Å². The van der Waals surface area contributed by atoms with Gasteiger partial charge in [-0.05, 0) is 48.1 Å². The van der Waals surface area contributed by atoms with Crippen LogP contribution in [0.2, 0.25) is 0 Å². The van der Waals surface area contributed by atoms with Gasteiger partial charge < -0.3 is 4.74 Å². The summed E-state index contributed by atoms with van der Waals surface area (Å²) in [6.45, 7) is 0. The van der Waals surface area contributed by atoms with Crippen molar-refractivity contribution in [3.05, 3.63) is 64.1 Å². The number of alkyl halides is 1. The lowest BCUT2D eigenvalue weighted by atomic mass is 9.94. The summed E-state index contributed by atoms with van der Waals surface area (Å²) in [6.07, 6.45) is 3.27. The van der Waals surface area contributed by atoms with Crippen molar-refractivity contribution in [3.8, 4) is 5.75 Å². The zero-order valence-corrected chi connectivity index (χ0v) is 14.1. The molecule has 0 bridgehead atoms. The first-order chi connectivity index (χ1) is 10.2. The van der Waals surface area contributed by atoms with Crippen molar-refractivity contribution < 1.29 is 4.74 Å². The minimum Gasteiger partial charge on any atom is -0.490 e. The minimum absolute atomic E-state index is 0.262. The molecule has 2 aromatic rings. The molecule has 3 heteroatoms. The Kier molecular flexibility index (Phi) is 4.87. The van der Waals surface area contributed by atoms with E-state index in [0.717, 1.165) is 29.5 Å². The molecular weight excluding hydrogens is 348 g/mol. The summed E-state index contributed by atoms with van der Waals surface area (Å²) in [5, 5.41) is 0. The molecule has 1 nitrogen and oxygen atoms in total. The number of ether oxygens (including phenoxy) is 1. The van der Waals surface area contributed by atoms with E-state index in [1.165, 1.54) is 11.1 Å². The van der Waals surface area contributed by atoms with E-state index >= 15 is 0 Å². The lowest BCUT2D eigenvalue weighted by Gasteiger charge is -2.18. The molecule has 2 unspecified atom stereocenters. The van der Waals surface area contributed by atoms with Crippen LogP contribution in [0.1, 0.15) is 17.5 Å². The summed E-state index contributed by atoms with van der Waals surface area (Å²) >= 11 is 9.70. The number of hydrogen-bond donors (Lipinski definition) is 0. The van der Waals surface area contributed by atoms with Gasteiger partial charge in [0.15, 0.2) is 0 Å². The minimum atomic E-state index is 0.262. The highest BCUT2D eigenvalue weighted by molar-refractivity contribution is 9.10. The first-order valence-corrected chi connectivity index (χ1v) is 8.62. The predicted octanol–water partition coefficient (Wildman–Crippen LogP) is 5.24. The molecule has 0 radical (unpaired) electrons. The zero-order chi connectivity index (χ0) is 14.7. The Hall–Kier alpha value is -0.990. The highest BCUT2D eigenvalue weighted by Crippen LogP contribution is 2.31. The molecule has 2 aromatic carbocycles. The van der Waals surface area contributed by atoms with Crippen LogP contribution >= 0.6 is 27.5 Å². The summed E-state index contributed by atoms with van der Waals surface area (Å²) in [4.78, 5) is 0. The second-order valence-electron chi connectivity index (χ2n) is 5.64. The quantitative estimate of drug-likeness (QED) is 0.658. The van der Waals surface area contributed by atoms with Crippen molar-refractivity contribution >= 4 is 27.5 Å². The molecule has 0 amide bonds. The predicted molar refractivity (Wildman–Crippen MR) is 91.2 cm³/mol. The van der Waals surface area contributed by atoms with Gasteiger partial charge in [0.05, 0.1) is 0 Å². The first kappa shape index (κ1) is 14.9. The van der Waals surface area contributed by atoms with Crippen molar-refractivity contribution in [1.82, 2.24) is 0 Å². The molecule has 110 valence electrons. The fourth-order valence-electron chi connectivity index (χ4n) is 2.96. The Labute approximate surface area is 139 Å². The third-order valence-corrected chi connectivity index (χ3v) is 4.87. The number of benzene rings is 2. The molecule has 0 saturated carbocycles. The maximum atomic E-state index is 6.18. The Morgan fingerprint density at radius 3 is 2.81 bits per heavy atom. The monoisotopic (exact) mass is 364 g/mol. The molecule has 1 aliphatic heterocycles. The zero-order valence-electron chi connectivity index (χ0n) is 11.8. The molecular formula is C18H18BrClO. The Balaban J connectivity index is 1.61. The van der Waals surface area contributed by atoms with Crippen LogP contribution in [0.25, 0.3) is 0 Å². The molecule has 0 aromatic heterocycles. The van der Waals surface area contributed by atoms with Gasteiger partial charge in [-0.2, -0.15) is 0 Å². The molecule has 0 N–H and O–H groups in total. The van der Waals surface area contributed by atoms with Crippen LogP contribution < -0.4 is 4.74 Å². The van der Waals surface area contributed by atoms with Crippen molar-refractivity contribution in [1.29, 1.82) is 0 Å². The summed E-state index contributed by atoms with van der Waals surface area (Å²) in [6, 6.07) is 16.8. The van der Waals surface area contributed by atoms with Crippen LogP contribution in [0.4, 0.5) is 0 Å². The lowest BCUT2D eigenvalue weighted by molar-refractivity contribution is 0.198. The molecule has 0 saturated heterocycles. The smallest absolute Gasteiger partial charge is 0.123 e. The van der Waals surface area contributed by atoms with Crippen molar-refractivity contribution in [2.45, 2.75) is 25.4 Å². The SMILES string of the molecule is ClCC(Cc1cccc(Br)c1)CC1Cc2ccccc2O1. The number of rotatable bonds is 5. The van der Waals surface area contributed by atoms with Gasteiger partial charge in [-0.3, -0.25) is 0 Å². The molecule has 21 heavy (non-hydrogen) atoms. The van der Waals surface area contributed by atoms with Crippen LogP contribution in [0.5, 0.6) is 5.75 Å². The van der Waals surface area contributed by atoms with E-state index in [-0.39, 0.29) is 6.10 Å². The maximum Gasteiger partial charge on any atom is 0.123 e. The topological polar surface area (TPSA) is 9.23 Å². The maximum absolute atomic E-state index is 6.18. The molecule has 1 aliphatic rings. The van der Waals surface area contributed by atoms with Crippen LogP contribution in [-0.4, -0.2) is 12.0 Å². The van der Waals surface area contributed by atoms with Gasteiger partial charge in [0.1, 0.15) is 11.9 Å². The van der Waals surface area contributed by atoms with Crippen LogP contribution in [0, 0.1) is 5.92 Å². The second-order valence-corrected chi connectivity index (χ2v) is 6.87. The Bertz CT molecular complexity index is 589. The molecule has 0 spiro atoms. The van der Waals surface area contributed by atoms with Gasteiger partial charge in [0, 0.05) is 16.8 Å². The van der Waals surface area contributed by atoms with Gasteiger partial charge >= 0.3 is 0 Å². The van der Waals surface area contributed by atoms with Crippen molar-refractivity contribution in [2.24, 2.45) is 5.92 Å². The molecule has 0 fully saturated rings. The first-order valence-electron chi connectivity index (χ1n) is 7.29. The van der Waals surface area contributed by atoms with Gasteiger partial charge in [0.2, 0.25) is 0 Å². The molecule has 0 aliphatic carbocycles. The van der Waals surface area contributed by atoms with E-state index in [1.807, 2.05) is 6.07 Å². The third kappa shape index (κ3) is 3.81. The van der Waals surface area contributed by atoms with E-state index in [1.54, 1.807) is 0 Å². The van der Waals surface area contributed by atoms with Crippen LogP contribution in [0.15, 0.2) is 53.0 Å². The van der Waals surface area contributed by atoms with E-state index in [2.05, 4.69) is 58.4 Å². The van der Waals surface area contributed by atoms with E-state index in [4.69, 9.17) is 16.3 Å².